The van der Waals surface area contributed by atoms with Crippen LogP contribution in [0, 0.1) is 0 Å². The Bertz CT molecular complexity index is 413. The van der Waals surface area contributed by atoms with Crippen LogP contribution in [0.5, 0.6) is 11.5 Å². The number of nitrogens with one attached hydrogen (secondary N) is 1. The summed E-state index contributed by atoms with van der Waals surface area (Å²) in [6.07, 6.45) is 0. The molecule has 1 aromatic rings. The summed E-state index contributed by atoms with van der Waals surface area (Å²) in [7, 11) is 0. The summed E-state index contributed by atoms with van der Waals surface area (Å²) in [5.41, 5.74) is 3.04. The standard InChI is InChI=1S/C10H12N2O3/c1-6(11-12-7(2)13)9-5-8(14)3-4-10(9)15/h3-5,14-15H,1-2H3,(H,12,13)/b11-6+. The topological polar surface area (TPSA) is 81.9 Å². The highest BCUT2D eigenvalue weighted by atomic mass is 16.3. The molecule has 0 bridgehead atoms. The van der Waals surface area contributed by atoms with Crippen molar-refractivity contribution in [3.63, 3.8) is 0 Å². The second-order valence-corrected chi connectivity index (χ2v) is 3.07. The highest BCUT2D eigenvalue weighted by molar-refractivity contribution is 6.01. The van der Waals surface area contributed by atoms with Crippen LogP contribution in [0.1, 0.15) is 19.4 Å². The summed E-state index contributed by atoms with van der Waals surface area (Å²) < 4.78 is 0. The molecule has 0 aliphatic heterocycles. The third kappa shape index (κ3) is 2.98. The Balaban J connectivity index is 2.99. The third-order valence-corrected chi connectivity index (χ3v) is 1.75. The van der Waals surface area contributed by atoms with Crippen molar-refractivity contribution in [2.24, 2.45) is 5.10 Å². The first-order chi connectivity index (χ1) is 7.00. The molecule has 1 aromatic carbocycles. The highest BCUT2D eigenvalue weighted by Crippen LogP contribution is 2.22. The minimum atomic E-state index is -0.297. The maximum absolute atomic E-state index is 10.6. The fraction of sp³-hybridized carbons (Fsp3) is 0.200. The van der Waals surface area contributed by atoms with Gasteiger partial charge in [0.05, 0.1) is 5.71 Å². The van der Waals surface area contributed by atoms with Crippen LogP contribution in [0.2, 0.25) is 0 Å². The molecule has 0 aliphatic rings. The number of carbonyl (C=O) groups excluding carboxylic acids is 1. The number of hydrogen-bond donors (Lipinski definition) is 3. The molecule has 3 N–H and O–H groups in total. The van der Waals surface area contributed by atoms with Gasteiger partial charge in [0.2, 0.25) is 5.91 Å². The van der Waals surface area contributed by atoms with E-state index in [1.807, 2.05) is 0 Å². The van der Waals surface area contributed by atoms with Gasteiger partial charge >= 0.3 is 0 Å². The molecule has 0 saturated carbocycles. The molecule has 1 rings (SSSR count). The van der Waals surface area contributed by atoms with Gasteiger partial charge in [-0.1, -0.05) is 0 Å². The fourth-order valence-electron chi connectivity index (χ4n) is 1.04. The molecule has 0 unspecified atom stereocenters. The number of phenols is 2. The molecule has 0 fully saturated rings. The Labute approximate surface area is 87.1 Å². The molecule has 0 radical (unpaired) electrons. The smallest absolute Gasteiger partial charge is 0.236 e. The van der Waals surface area contributed by atoms with Crippen molar-refractivity contribution in [3.05, 3.63) is 23.8 Å². The number of nitrogens with zero attached hydrogens (tertiary/aromatic N) is 1. The lowest BCUT2D eigenvalue weighted by Gasteiger charge is -2.04. The van der Waals surface area contributed by atoms with Gasteiger partial charge in [-0.25, -0.2) is 5.43 Å². The molecule has 0 aromatic heterocycles. The zero-order valence-corrected chi connectivity index (χ0v) is 8.48. The van der Waals surface area contributed by atoms with E-state index in [-0.39, 0.29) is 17.4 Å². The van der Waals surface area contributed by atoms with E-state index < -0.39 is 0 Å². The summed E-state index contributed by atoms with van der Waals surface area (Å²) >= 11 is 0. The van der Waals surface area contributed by atoms with Crippen LogP contribution in [-0.4, -0.2) is 21.8 Å². The van der Waals surface area contributed by atoms with Crippen LogP contribution < -0.4 is 5.43 Å². The first-order valence-electron chi connectivity index (χ1n) is 4.34. The van der Waals surface area contributed by atoms with Crippen molar-refractivity contribution in [1.82, 2.24) is 5.43 Å². The van der Waals surface area contributed by atoms with Crippen molar-refractivity contribution in [2.75, 3.05) is 0 Å². The fourth-order valence-corrected chi connectivity index (χ4v) is 1.04. The van der Waals surface area contributed by atoms with Gasteiger partial charge in [0.15, 0.2) is 0 Å². The zero-order valence-electron chi connectivity index (χ0n) is 8.48. The first kappa shape index (κ1) is 11.0. The van der Waals surface area contributed by atoms with Crippen molar-refractivity contribution in [2.45, 2.75) is 13.8 Å². The quantitative estimate of drug-likeness (QED) is 0.384. The number of hydrogen-bond acceptors (Lipinski definition) is 4. The molecule has 0 spiro atoms. The Kier molecular flexibility index (Phi) is 3.28. The van der Waals surface area contributed by atoms with Crippen molar-refractivity contribution >= 4 is 11.6 Å². The van der Waals surface area contributed by atoms with E-state index >= 15 is 0 Å². The predicted octanol–water partition coefficient (Wildman–Crippen LogP) is 0.958. The lowest BCUT2D eigenvalue weighted by atomic mass is 10.1. The first-order valence-corrected chi connectivity index (χ1v) is 4.34. The number of phenolic OH excluding ortho intramolecular Hbond substituents is 2. The third-order valence-electron chi connectivity index (χ3n) is 1.75. The molecule has 0 atom stereocenters. The van der Waals surface area contributed by atoms with E-state index in [0.717, 1.165) is 0 Å². The van der Waals surface area contributed by atoms with E-state index in [0.29, 0.717) is 11.3 Å². The average molecular weight is 208 g/mol. The normalized spacial score (nSPS) is 11.2. The SMILES string of the molecule is CC(=O)N/N=C(\C)c1cc(O)ccc1O. The van der Waals surface area contributed by atoms with Crippen LogP contribution >= 0.6 is 0 Å². The van der Waals surface area contributed by atoms with Gasteiger partial charge in [0.25, 0.3) is 0 Å². The van der Waals surface area contributed by atoms with E-state index in [2.05, 4.69) is 10.5 Å². The van der Waals surface area contributed by atoms with Crippen LogP contribution in [0.3, 0.4) is 0 Å². The van der Waals surface area contributed by atoms with Crippen molar-refractivity contribution in [3.8, 4) is 11.5 Å². The van der Waals surface area contributed by atoms with Gasteiger partial charge in [0, 0.05) is 12.5 Å². The summed E-state index contributed by atoms with van der Waals surface area (Å²) in [4.78, 5) is 10.6. The summed E-state index contributed by atoms with van der Waals surface area (Å²) in [6.45, 7) is 2.95. The maximum Gasteiger partial charge on any atom is 0.236 e. The van der Waals surface area contributed by atoms with Crippen molar-refractivity contribution < 1.29 is 15.0 Å². The molecule has 15 heavy (non-hydrogen) atoms. The monoisotopic (exact) mass is 208 g/mol. The van der Waals surface area contributed by atoms with Crippen LogP contribution in [0.15, 0.2) is 23.3 Å². The lowest BCUT2D eigenvalue weighted by Crippen LogP contribution is -2.15. The van der Waals surface area contributed by atoms with E-state index in [1.54, 1.807) is 6.92 Å². The summed E-state index contributed by atoms with van der Waals surface area (Å²) in [6, 6.07) is 4.10. The van der Waals surface area contributed by atoms with Gasteiger partial charge in [-0.3, -0.25) is 4.79 Å². The molecule has 0 heterocycles. The Morgan fingerprint density at radius 3 is 2.60 bits per heavy atom. The average Bonchev–Trinajstić information content (AvgIpc) is 2.18. The largest absolute Gasteiger partial charge is 0.508 e. The molecular formula is C10H12N2O3. The van der Waals surface area contributed by atoms with E-state index in [9.17, 15) is 15.0 Å². The Morgan fingerprint density at radius 2 is 2.00 bits per heavy atom. The van der Waals surface area contributed by atoms with Gasteiger partial charge in [-0.15, -0.1) is 0 Å². The molecule has 80 valence electrons. The van der Waals surface area contributed by atoms with E-state index in [4.69, 9.17) is 0 Å². The van der Waals surface area contributed by atoms with Gasteiger partial charge in [0.1, 0.15) is 11.5 Å². The number of rotatable bonds is 2. The van der Waals surface area contributed by atoms with Gasteiger partial charge < -0.3 is 10.2 Å². The minimum Gasteiger partial charge on any atom is -0.508 e. The molecule has 5 heteroatoms. The summed E-state index contributed by atoms with van der Waals surface area (Å²) in [5, 5.41) is 22.4. The second-order valence-electron chi connectivity index (χ2n) is 3.07. The number of aromatic hydroxyl groups is 2. The molecule has 0 saturated heterocycles. The minimum absolute atomic E-state index is 0.000554. The zero-order chi connectivity index (χ0) is 11.4. The summed E-state index contributed by atoms with van der Waals surface area (Å²) in [5.74, 6) is -0.270. The molecule has 1 amide bonds. The Hall–Kier alpha value is -2.04. The van der Waals surface area contributed by atoms with Gasteiger partial charge in [-0.2, -0.15) is 5.10 Å². The molecular weight excluding hydrogens is 196 g/mol. The number of carbonyl (C=O) groups is 1. The van der Waals surface area contributed by atoms with Crippen LogP contribution in [0.25, 0.3) is 0 Å². The molecule has 5 nitrogen and oxygen atoms in total. The predicted molar refractivity (Wildman–Crippen MR) is 55.8 cm³/mol. The maximum atomic E-state index is 10.6. The van der Waals surface area contributed by atoms with E-state index in [1.165, 1.54) is 25.1 Å². The van der Waals surface area contributed by atoms with Crippen LogP contribution in [-0.2, 0) is 4.79 Å². The number of benzene rings is 1. The van der Waals surface area contributed by atoms with Crippen molar-refractivity contribution in [1.29, 1.82) is 0 Å². The Morgan fingerprint density at radius 1 is 1.33 bits per heavy atom. The highest BCUT2D eigenvalue weighted by Gasteiger charge is 2.05. The molecule has 0 aliphatic carbocycles. The lowest BCUT2D eigenvalue weighted by molar-refractivity contribution is -0.118. The second kappa shape index (κ2) is 4.45. The number of amides is 1. The number of hydrazone groups is 1. The van der Waals surface area contributed by atoms with Gasteiger partial charge in [-0.05, 0) is 25.1 Å². The van der Waals surface area contributed by atoms with Crippen LogP contribution in [0.4, 0.5) is 0 Å².